The van der Waals surface area contributed by atoms with Gasteiger partial charge in [-0.25, -0.2) is 12.8 Å². The molecule has 1 rings (SSSR count). The van der Waals surface area contributed by atoms with Crippen molar-refractivity contribution >= 4 is 15.7 Å². The van der Waals surface area contributed by atoms with Crippen LogP contribution in [0.25, 0.3) is 0 Å². The summed E-state index contributed by atoms with van der Waals surface area (Å²) in [5, 5.41) is 0. The Hall–Kier alpha value is -1.10. The lowest BCUT2D eigenvalue weighted by Gasteiger charge is -2.20. The smallest absolute Gasteiger partial charge is 0.232 e. The fraction of sp³-hybridized carbons (Fsp3) is 0.400. The summed E-state index contributed by atoms with van der Waals surface area (Å²) < 4.78 is 37.1. The second-order valence-corrected chi connectivity index (χ2v) is 5.35. The molecular weight excluding hydrogens is 217 g/mol. The molecule has 0 radical (unpaired) electrons. The first-order chi connectivity index (χ1) is 6.88. The summed E-state index contributed by atoms with van der Waals surface area (Å²) in [4.78, 5) is 0. The van der Waals surface area contributed by atoms with E-state index in [1.165, 1.54) is 13.1 Å². The van der Waals surface area contributed by atoms with Gasteiger partial charge in [0.1, 0.15) is 5.82 Å². The standard InChI is InChI=1S/C10H14FNO2S/c1-4-8-6-5-7-9(11)10(8)12(2)15(3,13)14/h5-7H,4H2,1-3H3. The van der Waals surface area contributed by atoms with Crippen molar-refractivity contribution in [3.8, 4) is 0 Å². The van der Waals surface area contributed by atoms with E-state index in [1.807, 2.05) is 6.92 Å². The summed E-state index contributed by atoms with van der Waals surface area (Å²) in [6.45, 7) is 1.86. The van der Waals surface area contributed by atoms with Crippen molar-refractivity contribution in [1.29, 1.82) is 0 Å². The molecule has 84 valence electrons. The quantitative estimate of drug-likeness (QED) is 0.795. The molecular formula is C10H14FNO2S. The highest BCUT2D eigenvalue weighted by Gasteiger charge is 2.18. The highest BCUT2D eigenvalue weighted by Crippen LogP contribution is 2.25. The molecule has 0 N–H and O–H groups in total. The third kappa shape index (κ3) is 2.47. The minimum atomic E-state index is -3.42. The fourth-order valence-corrected chi connectivity index (χ4v) is 1.90. The van der Waals surface area contributed by atoms with Gasteiger partial charge < -0.3 is 0 Å². The second-order valence-electron chi connectivity index (χ2n) is 3.33. The van der Waals surface area contributed by atoms with Crippen LogP contribution < -0.4 is 4.31 Å². The Balaban J connectivity index is 3.36. The number of aryl methyl sites for hydroxylation is 1. The molecule has 0 saturated heterocycles. The van der Waals surface area contributed by atoms with Crippen molar-refractivity contribution in [2.24, 2.45) is 0 Å². The van der Waals surface area contributed by atoms with Gasteiger partial charge in [0, 0.05) is 7.05 Å². The van der Waals surface area contributed by atoms with Crippen LogP contribution in [0, 0.1) is 5.82 Å². The Kier molecular flexibility index (Phi) is 3.34. The molecule has 0 saturated carbocycles. The topological polar surface area (TPSA) is 37.4 Å². The van der Waals surface area contributed by atoms with Crippen molar-refractivity contribution in [3.63, 3.8) is 0 Å². The van der Waals surface area contributed by atoms with E-state index in [9.17, 15) is 12.8 Å². The summed E-state index contributed by atoms with van der Waals surface area (Å²) in [5.74, 6) is -0.512. The minimum absolute atomic E-state index is 0.141. The van der Waals surface area contributed by atoms with Crippen LogP contribution in [-0.4, -0.2) is 21.7 Å². The summed E-state index contributed by atoms with van der Waals surface area (Å²) in [6.07, 6.45) is 1.64. The third-order valence-corrected chi connectivity index (χ3v) is 3.44. The van der Waals surface area contributed by atoms with Crippen LogP contribution in [0.4, 0.5) is 10.1 Å². The number of hydrogen-bond acceptors (Lipinski definition) is 2. The normalized spacial score (nSPS) is 11.5. The molecule has 0 amide bonds. The van der Waals surface area contributed by atoms with Gasteiger partial charge in [-0.1, -0.05) is 19.1 Å². The Morgan fingerprint density at radius 3 is 2.47 bits per heavy atom. The third-order valence-electron chi connectivity index (χ3n) is 2.26. The number of para-hydroxylation sites is 1. The van der Waals surface area contributed by atoms with E-state index < -0.39 is 15.8 Å². The zero-order valence-electron chi connectivity index (χ0n) is 8.99. The minimum Gasteiger partial charge on any atom is -0.270 e. The maximum Gasteiger partial charge on any atom is 0.232 e. The lowest BCUT2D eigenvalue weighted by Crippen LogP contribution is -2.26. The molecule has 0 atom stereocenters. The molecule has 1 aromatic carbocycles. The van der Waals surface area contributed by atoms with Crippen LogP contribution in [-0.2, 0) is 16.4 Å². The molecule has 0 unspecified atom stereocenters. The number of halogens is 1. The van der Waals surface area contributed by atoms with Crippen LogP contribution >= 0.6 is 0 Å². The summed E-state index contributed by atoms with van der Waals surface area (Å²) in [5.41, 5.74) is 0.824. The van der Waals surface area contributed by atoms with Gasteiger partial charge in [-0.3, -0.25) is 4.31 Å². The second kappa shape index (κ2) is 4.18. The molecule has 0 aliphatic carbocycles. The molecule has 3 nitrogen and oxygen atoms in total. The monoisotopic (exact) mass is 231 g/mol. The Morgan fingerprint density at radius 2 is 2.00 bits per heavy atom. The molecule has 0 fully saturated rings. The van der Waals surface area contributed by atoms with Crippen molar-refractivity contribution in [2.45, 2.75) is 13.3 Å². The van der Waals surface area contributed by atoms with Crippen molar-refractivity contribution in [3.05, 3.63) is 29.6 Å². The van der Waals surface area contributed by atoms with Gasteiger partial charge in [0.25, 0.3) is 0 Å². The van der Waals surface area contributed by atoms with E-state index in [4.69, 9.17) is 0 Å². The van der Waals surface area contributed by atoms with E-state index in [0.29, 0.717) is 12.0 Å². The molecule has 15 heavy (non-hydrogen) atoms. The van der Waals surface area contributed by atoms with Gasteiger partial charge in [0.05, 0.1) is 11.9 Å². The van der Waals surface area contributed by atoms with Gasteiger partial charge in [0.2, 0.25) is 10.0 Å². The number of rotatable bonds is 3. The van der Waals surface area contributed by atoms with E-state index in [-0.39, 0.29) is 5.69 Å². The summed E-state index contributed by atoms with van der Waals surface area (Å²) in [6, 6.07) is 4.56. The van der Waals surface area contributed by atoms with Gasteiger partial charge in [-0.2, -0.15) is 0 Å². The van der Waals surface area contributed by atoms with E-state index in [2.05, 4.69) is 0 Å². The Morgan fingerprint density at radius 1 is 1.40 bits per heavy atom. The van der Waals surface area contributed by atoms with E-state index in [0.717, 1.165) is 10.6 Å². The molecule has 5 heteroatoms. The van der Waals surface area contributed by atoms with Crippen LogP contribution in [0.2, 0.25) is 0 Å². The number of nitrogens with zero attached hydrogens (tertiary/aromatic N) is 1. The van der Waals surface area contributed by atoms with E-state index >= 15 is 0 Å². The van der Waals surface area contributed by atoms with Gasteiger partial charge in [-0.05, 0) is 18.1 Å². The van der Waals surface area contributed by atoms with Crippen LogP contribution in [0.5, 0.6) is 0 Å². The lowest BCUT2D eigenvalue weighted by molar-refractivity contribution is 0.594. The number of sulfonamides is 1. The number of hydrogen-bond donors (Lipinski definition) is 0. The first-order valence-electron chi connectivity index (χ1n) is 4.59. The SMILES string of the molecule is CCc1cccc(F)c1N(C)S(C)(=O)=O. The fourth-order valence-electron chi connectivity index (χ4n) is 1.36. The highest BCUT2D eigenvalue weighted by atomic mass is 32.2. The first-order valence-corrected chi connectivity index (χ1v) is 6.44. The molecule has 1 aromatic rings. The zero-order valence-corrected chi connectivity index (χ0v) is 9.81. The largest absolute Gasteiger partial charge is 0.270 e. The number of benzene rings is 1. The predicted octanol–water partition coefficient (Wildman–Crippen LogP) is 1.78. The molecule has 0 spiro atoms. The van der Waals surface area contributed by atoms with E-state index in [1.54, 1.807) is 12.1 Å². The molecule has 0 aromatic heterocycles. The molecule has 0 aliphatic rings. The van der Waals surface area contributed by atoms with Crippen molar-refractivity contribution in [1.82, 2.24) is 0 Å². The van der Waals surface area contributed by atoms with Crippen LogP contribution in [0.3, 0.4) is 0 Å². The average molecular weight is 231 g/mol. The van der Waals surface area contributed by atoms with Gasteiger partial charge >= 0.3 is 0 Å². The average Bonchev–Trinajstić information content (AvgIpc) is 2.15. The zero-order chi connectivity index (χ0) is 11.6. The highest BCUT2D eigenvalue weighted by molar-refractivity contribution is 7.92. The summed E-state index contributed by atoms with van der Waals surface area (Å²) in [7, 11) is -2.06. The maximum atomic E-state index is 13.5. The first kappa shape index (κ1) is 12.0. The summed E-state index contributed by atoms with van der Waals surface area (Å²) >= 11 is 0. The van der Waals surface area contributed by atoms with Crippen molar-refractivity contribution < 1.29 is 12.8 Å². The molecule has 0 bridgehead atoms. The molecule has 0 heterocycles. The van der Waals surface area contributed by atoms with Crippen LogP contribution in [0.1, 0.15) is 12.5 Å². The van der Waals surface area contributed by atoms with Crippen LogP contribution in [0.15, 0.2) is 18.2 Å². The Labute approximate surface area is 89.6 Å². The predicted molar refractivity (Wildman–Crippen MR) is 59.0 cm³/mol. The van der Waals surface area contributed by atoms with Crippen molar-refractivity contribution in [2.75, 3.05) is 17.6 Å². The molecule has 0 aliphatic heterocycles. The van der Waals surface area contributed by atoms with Gasteiger partial charge in [0.15, 0.2) is 0 Å². The Bertz CT molecular complexity index is 456. The van der Waals surface area contributed by atoms with Gasteiger partial charge in [-0.15, -0.1) is 0 Å². The lowest BCUT2D eigenvalue weighted by atomic mass is 10.1. The number of anilines is 1. The maximum absolute atomic E-state index is 13.5.